The van der Waals surface area contributed by atoms with Crippen molar-refractivity contribution < 1.29 is 58.0 Å². The van der Waals surface area contributed by atoms with Crippen molar-refractivity contribution in [3.8, 4) is 0 Å². The SMILES string of the molecule is CC(C)SCC(=O)NCCN(CCNC(=O)CSC(C)C)C(=O)CCC(=O)NCCOCCOCCC(=O)NCCCC[C@H](NC(=O)CCC(=O)O)C(=O)O. The summed E-state index contributed by atoms with van der Waals surface area (Å²) in [4.78, 5) is 96.6. The van der Waals surface area contributed by atoms with Gasteiger partial charge in [-0.3, -0.25) is 33.6 Å². The zero-order valence-electron chi connectivity index (χ0n) is 32.6. The molecule has 0 saturated heterocycles. The first-order valence-corrected chi connectivity index (χ1v) is 20.7. The Hall–Kier alpha value is -3.62. The van der Waals surface area contributed by atoms with Crippen LogP contribution in [0.3, 0.4) is 0 Å². The first-order chi connectivity index (χ1) is 26.1. The molecule has 316 valence electrons. The molecule has 0 unspecified atom stereocenters. The molecule has 0 rings (SSSR count). The predicted octanol–water partition coefficient (Wildman–Crippen LogP) is 0.371. The number of carbonyl (C=O) groups is 8. The highest BCUT2D eigenvalue weighted by Gasteiger charge is 2.20. The van der Waals surface area contributed by atoms with E-state index >= 15 is 0 Å². The molecule has 0 spiro atoms. The molecule has 0 saturated carbocycles. The zero-order chi connectivity index (χ0) is 41.4. The maximum atomic E-state index is 13.0. The van der Waals surface area contributed by atoms with Gasteiger partial charge in [-0.2, -0.15) is 0 Å². The Morgan fingerprint density at radius 1 is 0.564 bits per heavy atom. The number of amides is 6. The molecule has 0 aliphatic rings. The summed E-state index contributed by atoms with van der Waals surface area (Å²) in [5.74, 6) is -3.45. The third-order valence-corrected chi connectivity index (χ3v) is 9.47. The third-order valence-electron chi connectivity index (χ3n) is 7.28. The maximum absolute atomic E-state index is 13.0. The number of aliphatic carboxylic acids is 2. The minimum Gasteiger partial charge on any atom is -0.481 e. The second kappa shape index (κ2) is 32.6. The minimum atomic E-state index is -1.22. The summed E-state index contributed by atoms with van der Waals surface area (Å²) in [5, 5.41) is 31.8. The molecule has 18 nitrogen and oxygen atoms in total. The Kier molecular flexibility index (Phi) is 30.5. The Morgan fingerprint density at radius 3 is 1.62 bits per heavy atom. The Balaban J connectivity index is 4.19. The Labute approximate surface area is 332 Å². The van der Waals surface area contributed by atoms with E-state index in [0.29, 0.717) is 41.4 Å². The van der Waals surface area contributed by atoms with E-state index in [2.05, 4.69) is 26.6 Å². The van der Waals surface area contributed by atoms with Crippen LogP contribution in [0.5, 0.6) is 0 Å². The van der Waals surface area contributed by atoms with Gasteiger partial charge in [-0.05, 0) is 29.8 Å². The fourth-order valence-corrected chi connectivity index (χ4v) is 5.53. The van der Waals surface area contributed by atoms with Crippen LogP contribution in [0.4, 0.5) is 0 Å². The van der Waals surface area contributed by atoms with E-state index in [9.17, 15) is 43.5 Å². The number of nitrogens with zero attached hydrogens (tertiary/aromatic N) is 1. The van der Waals surface area contributed by atoms with Crippen molar-refractivity contribution in [2.24, 2.45) is 0 Å². The number of ether oxygens (including phenoxy) is 2. The lowest BCUT2D eigenvalue weighted by molar-refractivity contribution is -0.142. The normalized spacial score (nSPS) is 11.5. The fourth-order valence-electron chi connectivity index (χ4n) is 4.36. The lowest BCUT2D eigenvalue weighted by atomic mass is 10.1. The van der Waals surface area contributed by atoms with Gasteiger partial charge in [0.05, 0.1) is 44.4 Å². The molecule has 20 heteroatoms. The second-order valence-electron chi connectivity index (χ2n) is 12.8. The van der Waals surface area contributed by atoms with E-state index in [1.807, 2.05) is 27.7 Å². The molecule has 0 aliphatic heterocycles. The highest BCUT2D eigenvalue weighted by Crippen LogP contribution is 2.09. The summed E-state index contributed by atoms with van der Waals surface area (Å²) >= 11 is 3.04. The summed E-state index contributed by atoms with van der Waals surface area (Å²) in [6, 6.07) is -1.13. The molecule has 0 heterocycles. The summed E-state index contributed by atoms with van der Waals surface area (Å²) in [6.07, 6.45) is 0.388. The van der Waals surface area contributed by atoms with Crippen molar-refractivity contribution in [3.63, 3.8) is 0 Å². The maximum Gasteiger partial charge on any atom is 0.326 e. The van der Waals surface area contributed by atoms with E-state index in [0.717, 1.165) is 0 Å². The number of nitrogens with one attached hydrogen (secondary N) is 5. The van der Waals surface area contributed by atoms with Crippen LogP contribution in [0.15, 0.2) is 0 Å². The predicted molar refractivity (Wildman–Crippen MR) is 210 cm³/mol. The van der Waals surface area contributed by atoms with E-state index in [1.54, 1.807) is 0 Å². The summed E-state index contributed by atoms with van der Waals surface area (Å²) in [5.41, 5.74) is 0. The number of hydrogen-bond donors (Lipinski definition) is 7. The molecule has 0 fully saturated rings. The van der Waals surface area contributed by atoms with Gasteiger partial charge in [-0.15, -0.1) is 23.5 Å². The largest absolute Gasteiger partial charge is 0.481 e. The van der Waals surface area contributed by atoms with Crippen molar-refractivity contribution in [2.75, 3.05) is 77.2 Å². The van der Waals surface area contributed by atoms with Gasteiger partial charge in [0.1, 0.15) is 6.04 Å². The molecule has 0 aliphatic carbocycles. The quantitative estimate of drug-likeness (QED) is 0.0433. The van der Waals surface area contributed by atoms with Crippen LogP contribution in [0.1, 0.15) is 79.1 Å². The first-order valence-electron chi connectivity index (χ1n) is 18.6. The van der Waals surface area contributed by atoms with E-state index in [-0.39, 0.29) is 127 Å². The van der Waals surface area contributed by atoms with Crippen LogP contribution in [-0.4, -0.2) is 156 Å². The lowest BCUT2D eigenvalue weighted by Crippen LogP contribution is -2.43. The van der Waals surface area contributed by atoms with Crippen LogP contribution >= 0.6 is 23.5 Å². The first kappa shape index (κ1) is 51.4. The molecular formula is C35H62N6O12S2. The van der Waals surface area contributed by atoms with Gasteiger partial charge in [-0.25, -0.2) is 4.79 Å². The van der Waals surface area contributed by atoms with Crippen LogP contribution in [0.2, 0.25) is 0 Å². The van der Waals surface area contributed by atoms with E-state index < -0.39 is 23.9 Å². The molecule has 0 aromatic carbocycles. The highest BCUT2D eigenvalue weighted by atomic mass is 32.2. The molecule has 1 atom stereocenters. The van der Waals surface area contributed by atoms with Crippen molar-refractivity contribution in [3.05, 3.63) is 0 Å². The number of thioether (sulfide) groups is 2. The lowest BCUT2D eigenvalue weighted by Gasteiger charge is -2.23. The van der Waals surface area contributed by atoms with Gasteiger partial charge in [-0.1, -0.05) is 27.7 Å². The van der Waals surface area contributed by atoms with Gasteiger partial charge in [0.15, 0.2) is 0 Å². The van der Waals surface area contributed by atoms with Crippen LogP contribution in [0, 0.1) is 0 Å². The van der Waals surface area contributed by atoms with Gasteiger partial charge >= 0.3 is 11.9 Å². The van der Waals surface area contributed by atoms with E-state index in [1.165, 1.54) is 28.4 Å². The average molecular weight is 823 g/mol. The molecule has 6 amide bonds. The Bertz CT molecular complexity index is 1160. The van der Waals surface area contributed by atoms with Gasteiger partial charge in [0.25, 0.3) is 0 Å². The Morgan fingerprint density at radius 2 is 1.07 bits per heavy atom. The smallest absolute Gasteiger partial charge is 0.326 e. The van der Waals surface area contributed by atoms with Crippen LogP contribution < -0.4 is 26.6 Å². The minimum absolute atomic E-state index is 0.0352. The van der Waals surface area contributed by atoms with E-state index in [4.69, 9.17) is 14.6 Å². The number of rotatable bonds is 34. The number of carboxylic acid groups (broad SMARTS) is 2. The third kappa shape index (κ3) is 32.3. The van der Waals surface area contributed by atoms with Crippen LogP contribution in [0.25, 0.3) is 0 Å². The molecule has 0 aromatic rings. The molecule has 55 heavy (non-hydrogen) atoms. The van der Waals surface area contributed by atoms with Gasteiger partial charge in [0, 0.05) is 65.0 Å². The fraction of sp³-hybridized carbons (Fsp3) is 0.771. The summed E-state index contributed by atoms with van der Waals surface area (Å²) in [7, 11) is 0. The van der Waals surface area contributed by atoms with Crippen molar-refractivity contribution in [2.45, 2.75) is 95.6 Å². The average Bonchev–Trinajstić information content (AvgIpc) is 3.12. The van der Waals surface area contributed by atoms with Crippen molar-refractivity contribution >= 4 is 70.9 Å². The number of unbranched alkanes of at least 4 members (excludes halogenated alkanes) is 1. The number of hydrogen-bond acceptors (Lipinski definition) is 12. The molecular weight excluding hydrogens is 761 g/mol. The topological polar surface area (TPSA) is 259 Å². The summed E-state index contributed by atoms with van der Waals surface area (Å²) in [6.45, 7) is 10.4. The van der Waals surface area contributed by atoms with Crippen molar-refractivity contribution in [1.29, 1.82) is 0 Å². The number of carboxylic acids is 2. The monoisotopic (exact) mass is 822 g/mol. The van der Waals surface area contributed by atoms with Crippen LogP contribution in [-0.2, 0) is 47.8 Å². The molecule has 0 bridgehead atoms. The van der Waals surface area contributed by atoms with Gasteiger partial charge in [0.2, 0.25) is 35.4 Å². The van der Waals surface area contributed by atoms with Crippen molar-refractivity contribution in [1.82, 2.24) is 31.5 Å². The molecule has 0 radical (unpaired) electrons. The molecule has 7 N–H and O–H groups in total. The number of carbonyl (C=O) groups excluding carboxylic acids is 6. The standard InChI is InChI=1S/C35H62N6O12S2/c1-25(2)54-23-31(45)37-14-17-41(18-15-38-32(46)24-55-26(3)4)33(47)10-8-28(42)39-16-20-53-22-21-52-19-12-29(43)36-13-6-5-7-27(35(50)51)40-30(44)9-11-34(48)49/h25-27H,5-24H2,1-4H3,(H,36,43)(H,37,45)(H,38,46)(H,39,42)(H,40,44)(H,48,49)(H,50,51)/t27-/m0/s1. The highest BCUT2D eigenvalue weighted by molar-refractivity contribution is 8.00. The molecule has 0 aromatic heterocycles. The summed E-state index contributed by atoms with van der Waals surface area (Å²) < 4.78 is 10.8. The van der Waals surface area contributed by atoms with Gasteiger partial charge < -0.3 is 51.2 Å². The second-order valence-corrected chi connectivity index (χ2v) is 16.0. The zero-order valence-corrected chi connectivity index (χ0v) is 34.2.